The summed E-state index contributed by atoms with van der Waals surface area (Å²) in [4.78, 5) is 4.35. The number of fused-ring (bicyclic) bond motifs is 1. The summed E-state index contributed by atoms with van der Waals surface area (Å²) in [7, 11) is 0. The zero-order valence-corrected chi connectivity index (χ0v) is 13.6. The molecular weight excluding hydrogens is 310 g/mol. The van der Waals surface area contributed by atoms with Gasteiger partial charge >= 0.3 is 0 Å². The van der Waals surface area contributed by atoms with Gasteiger partial charge in [0.05, 0.1) is 0 Å². The molecule has 0 amide bonds. The number of nitrogen functional groups attached to an aromatic ring is 1. The van der Waals surface area contributed by atoms with E-state index in [4.69, 9.17) is 5.73 Å². The smallest absolute Gasteiger partial charge is 0.173 e. The molecule has 2 aromatic carbocycles. The predicted octanol–water partition coefficient (Wildman–Crippen LogP) is 3.53. The van der Waals surface area contributed by atoms with E-state index in [0.717, 1.165) is 34.1 Å². The number of nitrogens with two attached hydrogens (primary N) is 1. The number of aromatic nitrogens is 2. The summed E-state index contributed by atoms with van der Waals surface area (Å²) >= 11 is 0. The van der Waals surface area contributed by atoms with Crippen LogP contribution >= 0.6 is 0 Å². The van der Waals surface area contributed by atoms with Crippen LogP contribution in [0.25, 0.3) is 21.9 Å². The molecule has 3 N–H and O–H groups in total. The molecule has 4 heteroatoms. The van der Waals surface area contributed by atoms with Gasteiger partial charge in [0.1, 0.15) is 5.75 Å². The fourth-order valence-electron chi connectivity index (χ4n) is 2.97. The number of nitrogens with zero attached hydrogens (tertiary/aromatic N) is 2. The van der Waals surface area contributed by atoms with Gasteiger partial charge in [0.2, 0.25) is 0 Å². The van der Waals surface area contributed by atoms with Crippen LogP contribution in [0.5, 0.6) is 5.75 Å². The Hall–Kier alpha value is -3.40. The number of phenolic OH excluding ortho intramolecular Hbond substituents is 1. The first kappa shape index (κ1) is 15.1. The van der Waals surface area contributed by atoms with Gasteiger partial charge in [0, 0.05) is 46.7 Å². The zero-order chi connectivity index (χ0) is 17.2. The first-order valence-electron chi connectivity index (χ1n) is 8.10. The summed E-state index contributed by atoms with van der Waals surface area (Å²) in [6.45, 7) is 0.771. The maximum Gasteiger partial charge on any atom is 0.173 e. The highest BCUT2D eigenvalue weighted by Gasteiger charge is 2.08. The van der Waals surface area contributed by atoms with Gasteiger partial charge in [-0.15, -0.1) is 0 Å². The van der Waals surface area contributed by atoms with Gasteiger partial charge in [-0.2, -0.15) is 0 Å². The van der Waals surface area contributed by atoms with E-state index in [2.05, 4.69) is 27.8 Å². The van der Waals surface area contributed by atoms with Crippen molar-refractivity contribution in [2.24, 2.45) is 0 Å². The monoisotopic (exact) mass is 328 g/mol. The molecule has 0 aliphatic carbocycles. The van der Waals surface area contributed by atoms with Crippen molar-refractivity contribution in [1.29, 1.82) is 0 Å². The Morgan fingerprint density at radius 2 is 1.68 bits per heavy atom. The lowest BCUT2D eigenvalue weighted by atomic mass is 9.99. The quantitative estimate of drug-likeness (QED) is 0.566. The van der Waals surface area contributed by atoms with Gasteiger partial charge in [0.25, 0.3) is 0 Å². The Bertz CT molecular complexity index is 1030. The summed E-state index contributed by atoms with van der Waals surface area (Å²) in [5, 5.41) is 11.8. The molecule has 0 bridgehead atoms. The predicted molar refractivity (Wildman–Crippen MR) is 99.0 cm³/mol. The summed E-state index contributed by atoms with van der Waals surface area (Å²) in [6, 6.07) is 17.4. The molecule has 122 valence electrons. The van der Waals surface area contributed by atoms with Crippen molar-refractivity contribution >= 4 is 16.5 Å². The molecule has 0 fully saturated rings. The molecule has 0 saturated carbocycles. The van der Waals surface area contributed by atoms with E-state index in [1.807, 2.05) is 49.1 Å². The van der Waals surface area contributed by atoms with Crippen molar-refractivity contribution in [1.82, 2.24) is 4.98 Å². The number of anilines is 1. The van der Waals surface area contributed by atoms with E-state index < -0.39 is 0 Å². The van der Waals surface area contributed by atoms with Crippen LogP contribution in [0.15, 0.2) is 79.4 Å². The van der Waals surface area contributed by atoms with Crippen molar-refractivity contribution in [3.63, 3.8) is 0 Å². The second-order valence-corrected chi connectivity index (χ2v) is 6.09. The third-order valence-electron chi connectivity index (χ3n) is 4.29. The Morgan fingerprint density at radius 3 is 2.44 bits per heavy atom. The molecule has 4 aromatic rings. The number of benzene rings is 2. The van der Waals surface area contributed by atoms with Crippen molar-refractivity contribution in [2.75, 3.05) is 5.73 Å². The summed E-state index contributed by atoms with van der Waals surface area (Å²) < 4.78 is 2.10. The molecule has 0 spiro atoms. The molecule has 0 atom stereocenters. The largest absolute Gasteiger partial charge is 0.508 e. The van der Waals surface area contributed by atoms with E-state index in [1.54, 1.807) is 12.1 Å². The number of hydrogen-bond donors (Lipinski definition) is 2. The van der Waals surface area contributed by atoms with Gasteiger partial charge in [-0.25, -0.2) is 4.57 Å². The highest BCUT2D eigenvalue weighted by Crippen LogP contribution is 2.29. The molecule has 0 aliphatic rings. The number of rotatable bonds is 3. The Morgan fingerprint density at radius 1 is 0.920 bits per heavy atom. The second-order valence-electron chi connectivity index (χ2n) is 6.09. The lowest BCUT2D eigenvalue weighted by Gasteiger charge is -2.08. The van der Waals surface area contributed by atoms with Crippen LogP contribution in [0.4, 0.5) is 5.69 Å². The number of pyridine rings is 2. The third kappa shape index (κ3) is 3.15. The highest BCUT2D eigenvalue weighted by atomic mass is 16.3. The van der Waals surface area contributed by atoms with Crippen LogP contribution in [0.2, 0.25) is 0 Å². The summed E-state index contributed by atoms with van der Waals surface area (Å²) in [5.41, 5.74) is 9.81. The van der Waals surface area contributed by atoms with Crippen LogP contribution in [0, 0.1) is 0 Å². The van der Waals surface area contributed by atoms with Gasteiger partial charge < -0.3 is 10.8 Å². The third-order valence-corrected chi connectivity index (χ3v) is 4.29. The molecule has 2 aromatic heterocycles. The van der Waals surface area contributed by atoms with E-state index >= 15 is 0 Å². The highest BCUT2D eigenvalue weighted by molar-refractivity contribution is 5.96. The number of hydrogen-bond acceptors (Lipinski definition) is 3. The summed E-state index contributed by atoms with van der Waals surface area (Å²) in [5.74, 6) is 0.261. The van der Waals surface area contributed by atoms with Crippen LogP contribution in [-0.4, -0.2) is 10.1 Å². The van der Waals surface area contributed by atoms with Crippen LogP contribution in [0.1, 0.15) is 5.56 Å². The van der Waals surface area contributed by atoms with Crippen molar-refractivity contribution in [3.05, 3.63) is 84.9 Å². The lowest BCUT2D eigenvalue weighted by molar-refractivity contribution is -0.688. The minimum absolute atomic E-state index is 0.261. The maximum absolute atomic E-state index is 9.52. The minimum Gasteiger partial charge on any atom is -0.508 e. The second kappa shape index (κ2) is 6.24. The Balaban J connectivity index is 1.77. The summed E-state index contributed by atoms with van der Waals surface area (Å²) in [6.07, 6.45) is 7.70. The van der Waals surface area contributed by atoms with Gasteiger partial charge in [0.15, 0.2) is 18.9 Å². The normalized spacial score (nSPS) is 10.9. The Kier molecular flexibility index (Phi) is 3.78. The molecule has 0 aliphatic heterocycles. The van der Waals surface area contributed by atoms with Gasteiger partial charge in [-0.1, -0.05) is 24.3 Å². The van der Waals surface area contributed by atoms with E-state index in [0.29, 0.717) is 0 Å². The molecule has 2 heterocycles. The molecule has 0 unspecified atom stereocenters. The van der Waals surface area contributed by atoms with Gasteiger partial charge in [-0.05, 0) is 29.1 Å². The van der Waals surface area contributed by atoms with Crippen molar-refractivity contribution in [3.8, 4) is 16.9 Å². The first-order chi connectivity index (χ1) is 12.2. The molecule has 4 rings (SSSR count). The molecule has 4 nitrogen and oxygen atoms in total. The maximum atomic E-state index is 9.52. The standard InChI is InChI=1S/C21H17N3O/c22-18-7-9-24(10-8-18)14-15-1-2-17-12-23-13-21(20(17)11-15)16-3-5-19(25)6-4-16/h1-13,22,25H,14H2/p+1. The molecule has 0 radical (unpaired) electrons. The SMILES string of the molecule is Nc1cc[n+](Cc2ccc3cncc(-c4ccc(O)cc4)c3c2)cc1. The molecular formula is C21H18N3O+. The lowest BCUT2D eigenvalue weighted by Crippen LogP contribution is -2.33. The topological polar surface area (TPSA) is 63.0 Å². The van der Waals surface area contributed by atoms with Gasteiger partial charge in [-0.3, -0.25) is 4.98 Å². The van der Waals surface area contributed by atoms with E-state index in [9.17, 15) is 5.11 Å². The fourth-order valence-corrected chi connectivity index (χ4v) is 2.97. The van der Waals surface area contributed by atoms with E-state index in [1.165, 1.54) is 5.56 Å². The van der Waals surface area contributed by atoms with Crippen LogP contribution in [0.3, 0.4) is 0 Å². The average molecular weight is 328 g/mol. The minimum atomic E-state index is 0.261. The number of phenols is 1. The Labute approximate surface area is 145 Å². The van der Waals surface area contributed by atoms with Crippen LogP contribution in [-0.2, 0) is 6.54 Å². The van der Waals surface area contributed by atoms with Crippen molar-refractivity contribution in [2.45, 2.75) is 6.54 Å². The zero-order valence-electron chi connectivity index (χ0n) is 13.6. The van der Waals surface area contributed by atoms with Crippen LogP contribution < -0.4 is 10.3 Å². The number of aromatic hydroxyl groups is 1. The first-order valence-corrected chi connectivity index (χ1v) is 8.10. The molecule has 25 heavy (non-hydrogen) atoms. The fraction of sp³-hybridized carbons (Fsp3) is 0.0476. The van der Waals surface area contributed by atoms with Crippen molar-refractivity contribution < 1.29 is 9.67 Å². The molecule has 0 saturated heterocycles. The van der Waals surface area contributed by atoms with E-state index in [-0.39, 0.29) is 5.75 Å². The average Bonchev–Trinajstić information content (AvgIpc) is 2.64.